The van der Waals surface area contributed by atoms with Gasteiger partial charge in [-0.25, -0.2) is 0 Å². The standard InChI is InChI=1S/C32H26NO/c1-34-27-18-16-23(17-19-27)22-33-31(25-12-6-3-7-13-25)21-29(24-10-4-2-5-11-24)30-20-26-14-8-9-15-28(26)32(30)33/h2-19,21H,20,22H2,1H3/q+1. The molecule has 4 aromatic carbocycles. The van der Waals surface area contributed by atoms with Crippen molar-refractivity contribution in [3.63, 3.8) is 0 Å². The van der Waals surface area contributed by atoms with Gasteiger partial charge in [0.05, 0.1) is 12.7 Å². The fourth-order valence-electron chi connectivity index (χ4n) is 5.10. The second-order valence-corrected chi connectivity index (χ2v) is 8.77. The molecule has 0 saturated carbocycles. The van der Waals surface area contributed by atoms with Crippen molar-refractivity contribution in [3.8, 4) is 39.4 Å². The number of ether oxygens (including phenoxy) is 1. The number of hydrogen-bond acceptors (Lipinski definition) is 1. The number of benzene rings is 4. The summed E-state index contributed by atoms with van der Waals surface area (Å²) in [5.41, 5.74) is 11.7. The minimum Gasteiger partial charge on any atom is -0.497 e. The van der Waals surface area contributed by atoms with E-state index in [-0.39, 0.29) is 0 Å². The van der Waals surface area contributed by atoms with E-state index in [0.717, 1.165) is 18.7 Å². The smallest absolute Gasteiger partial charge is 0.217 e. The first-order valence-electron chi connectivity index (χ1n) is 11.7. The van der Waals surface area contributed by atoms with E-state index in [2.05, 4.69) is 108 Å². The Morgan fingerprint density at radius 1 is 0.676 bits per heavy atom. The molecule has 0 bridgehead atoms. The lowest BCUT2D eigenvalue weighted by Gasteiger charge is -2.14. The van der Waals surface area contributed by atoms with Crippen molar-refractivity contribution < 1.29 is 9.30 Å². The van der Waals surface area contributed by atoms with Crippen molar-refractivity contribution in [2.75, 3.05) is 7.11 Å². The molecule has 0 amide bonds. The summed E-state index contributed by atoms with van der Waals surface area (Å²) in [5.74, 6) is 0.882. The van der Waals surface area contributed by atoms with Gasteiger partial charge in [-0.15, -0.1) is 0 Å². The molecule has 0 atom stereocenters. The molecule has 2 nitrogen and oxygen atoms in total. The Kier molecular flexibility index (Phi) is 5.20. The quantitative estimate of drug-likeness (QED) is 0.265. The second kappa shape index (κ2) is 8.64. The Labute approximate surface area is 200 Å². The van der Waals surface area contributed by atoms with Crippen molar-refractivity contribution in [3.05, 3.63) is 132 Å². The van der Waals surface area contributed by atoms with Crippen LogP contribution in [0.15, 0.2) is 115 Å². The maximum absolute atomic E-state index is 5.39. The first kappa shape index (κ1) is 20.4. The lowest BCUT2D eigenvalue weighted by molar-refractivity contribution is -0.666. The van der Waals surface area contributed by atoms with Gasteiger partial charge in [0.25, 0.3) is 0 Å². The Morgan fingerprint density at radius 2 is 1.32 bits per heavy atom. The summed E-state index contributed by atoms with van der Waals surface area (Å²) in [7, 11) is 1.71. The molecule has 0 aliphatic heterocycles. The summed E-state index contributed by atoms with van der Waals surface area (Å²) >= 11 is 0. The van der Waals surface area contributed by atoms with E-state index in [1.807, 2.05) is 12.1 Å². The summed E-state index contributed by atoms with van der Waals surface area (Å²) in [6, 6.07) is 41.2. The van der Waals surface area contributed by atoms with Crippen molar-refractivity contribution >= 4 is 0 Å². The number of nitrogens with zero attached hydrogens (tertiary/aromatic N) is 1. The molecule has 2 heteroatoms. The van der Waals surface area contributed by atoms with Crippen LogP contribution in [0.1, 0.15) is 16.7 Å². The molecule has 0 saturated heterocycles. The molecule has 0 N–H and O–H groups in total. The van der Waals surface area contributed by atoms with Crippen LogP contribution in [0, 0.1) is 0 Å². The molecule has 6 rings (SSSR count). The Bertz CT molecular complexity index is 1460. The fraction of sp³-hybridized carbons (Fsp3) is 0.0938. The molecule has 1 aliphatic rings. The molecule has 0 unspecified atom stereocenters. The third kappa shape index (κ3) is 3.58. The van der Waals surface area contributed by atoms with Gasteiger partial charge in [-0.05, 0) is 59.2 Å². The van der Waals surface area contributed by atoms with Gasteiger partial charge in [0.1, 0.15) is 5.75 Å². The zero-order chi connectivity index (χ0) is 22.9. The monoisotopic (exact) mass is 440 g/mol. The molecule has 0 spiro atoms. The van der Waals surface area contributed by atoms with Crippen LogP contribution < -0.4 is 9.30 Å². The maximum Gasteiger partial charge on any atom is 0.217 e. The number of aromatic nitrogens is 1. The highest BCUT2D eigenvalue weighted by Gasteiger charge is 2.33. The molecular weight excluding hydrogens is 414 g/mol. The lowest BCUT2D eigenvalue weighted by Crippen LogP contribution is -2.40. The Balaban J connectivity index is 1.64. The van der Waals surface area contributed by atoms with Gasteiger partial charge >= 0.3 is 0 Å². The summed E-state index contributed by atoms with van der Waals surface area (Å²) in [6.45, 7) is 0.792. The Morgan fingerprint density at radius 3 is 2.03 bits per heavy atom. The number of hydrogen-bond donors (Lipinski definition) is 0. The van der Waals surface area contributed by atoms with Gasteiger partial charge in [0.2, 0.25) is 11.4 Å². The van der Waals surface area contributed by atoms with Gasteiger partial charge in [-0.3, -0.25) is 0 Å². The predicted octanol–water partition coefficient (Wildman–Crippen LogP) is 6.94. The summed E-state index contributed by atoms with van der Waals surface area (Å²) in [4.78, 5) is 0. The molecule has 1 aliphatic carbocycles. The van der Waals surface area contributed by atoms with E-state index in [1.165, 1.54) is 50.3 Å². The van der Waals surface area contributed by atoms with Crippen LogP contribution in [-0.2, 0) is 13.0 Å². The maximum atomic E-state index is 5.39. The number of fused-ring (bicyclic) bond motifs is 3. The Hall–Kier alpha value is -4.17. The van der Waals surface area contributed by atoms with E-state index >= 15 is 0 Å². The summed E-state index contributed by atoms with van der Waals surface area (Å²) in [6.07, 6.45) is 0.952. The molecule has 1 aromatic heterocycles. The van der Waals surface area contributed by atoms with Gasteiger partial charge in [-0.1, -0.05) is 66.7 Å². The highest BCUT2D eigenvalue weighted by Crippen LogP contribution is 2.41. The minimum absolute atomic E-state index is 0.792. The third-order valence-electron chi connectivity index (χ3n) is 6.75. The van der Waals surface area contributed by atoms with Crippen molar-refractivity contribution in [2.45, 2.75) is 13.0 Å². The van der Waals surface area contributed by atoms with E-state index in [9.17, 15) is 0 Å². The summed E-state index contributed by atoms with van der Waals surface area (Å²) < 4.78 is 7.90. The van der Waals surface area contributed by atoms with Gasteiger partial charge < -0.3 is 4.74 Å². The molecule has 0 radical (unpaired) electrons. The molecule has 0 fully saturated rings. The molecule has 34 heavy (non-hydrogen) atoms. The van der Waals surface area contributed by atoms with Gasteiger partial charge in [0, 0.05) is 29.2 Å². The van der Waals surface area contributed by atoms with E-state index in [1.54, 1.807) is 7.11 Å². The SMILES string of the molecule is COc1ccc(C[n+]2c(-c3ccccc3)cc(-c3ccccc3)c3c2-c2ccccc2C3)cc1. The van der Waals surface area contributed by atoms with Crippen molar-refractivity contribution in [1.82, 2.24) is 0 Å². The average Bonchev–Trinajstić information content (AvgIpc) is 3.30. The first-order chi connectivity index (χ1) is 16.8. The number of pyridine rings is 1. The number of methoxy groups -OCH3 is 1. The van der Waals surface area contributed by atoms with Crippen LogP contribution in [0.2, 0.25) is 0 Å². The first-order valence-corrected chi connectivity index (χ1v) is 11.7. The zero-order valence-electron chi connectivity index (χ0n) is 19.2. The zero-order valence-corrected chi connectivity index (χ0v) is 19.2. The van der Waals surface area contributed by atoms with Crippen LogP contribution in [0.4, 0.5) is 0 Å². The molecule has 5 aromatic rings. The average molecular weight is 441 g/mol. The predicted molar refractivity (Wildman–Crippen MR) is 138 cm³/mol. The van der Waals surface area contributed by atoms with Gasteiger partial charge in [-0.2, -0.15) is 4.57 Å². The molecular formula is C32H26NO+. The van der Waals surface area contributed by atoms with E-state index in [4.69, 9.17) is 4.74 Å². The summed E-state index contributed by atoms with van der Waals surface area (Å²) in [5, 5.41) is 0. The van der Waals surface area contributed by atoms with Crippen molar-refractivity contribution in [2.24, 2.45) is 0 Å². The molecule has 164 valence electrons. The van der Waals surface area contributed by atoms with Crippen LogP contribution >= 0.6 is 0 Å². The molecule has 1 heterocycles. The fourth-order valence-corrected chi connectivity index (χ4v) is 5.10. The lowest BCUT2D eigenvalue weighted by atomic mass is 9.95. The second-order valence-electron chi connectivity index (χ2n) is 8.77. The highest BCUT2D eigenvalue weighted by molar-refractivity contribution is 5.83. The van der Waals surface area contributed by atoms with Crippen LogP contribution in [-0.4, -0.2) is 7.11 Å². The van der Waals surface area contributed by atoms with Crippen molar-refractivity contribution in [1.29, 1.82) is 0 Å². The van der Waals surface area contributed by atoms with E-state index in [0.29, 0.717) is 0 Å². The third-order valence-corrected chi connectivity index (χ3v) is 6.75. The van der Waals surface area contributed by atoms with Crippen LogP contribution in [0.5, 0.6) is 5.75 Å². The highest BCUT2D eigenvalue weighted by atomic mass is 16.5. The van der Waals surface area contributed by atoms with E-state index < -0.39 is 0 Å². The normalized spacial score (nSPS) is 11.7. The topological polar surface area (TPSA) is 13.1 Å². The van der Waals surface area contributed by atoms with Crippen LogP contribution in [0.3, 0.4) is 0 Å². The number of rotatable bonds is 5. The van der Waals surface area contributed by atoms with Crippen LogP contribution in [0.25, 0.3) is 33.6 Å². The largest absolute Gasteiger partial charge is 0.497 e. The van der Waals surface area contributed by atoms with Gasteiger partial charge in [0.15, 0.2) is 6.54 Å². The minimum atomic E-state index is 0.792.